The van der Waals surface area contributed by atoms with E-state index in [0.29, 0.717) is 16.9 Å². The lowest BCUT2D eigenvalue weighted by atomic mass is 9.96. The highest BCUT2D eigenvalue weighted by Crippen LogP contribution is 2.30. The lowest BCUT2D eigenvalue weighted by Gasteiger charge is -2.11. The van der Waals surface area contributed by atoms with Gasteiger partial charge in [0.2, 0.25) is 0 Å². The van der Waals surface area contributed by atoms with Gasteiger partial charge in [0.15, 0.2) is 0 Å². The first kappa shape index (κ1) is 18.3. The first-order valence-electron chi connectivity index (χ1n) is 8.15. The number of hydrogen-bond acceptors (Lipinski definition) is 6. The van der Waals surface area contributed by atoms with Gasteiger partial charge in [0, 0.05) is 5.56 Å². The predicted octanol–water partition coefficient (Wildman–Crippen LogP) is 2.82. The molecule has 0 bridgehead atoms. The highest BCUT2D eigenvalue weighted by molar-refractivity contribution is 5.80. The zero-order valence-electron chi connectivity index (χ0n) is 14.6. The Balaban J connectivity index is 1.99. The van der Waals surface area contributed by atoms with Gasteiger partial charge in [-0.15, -0.1) is 0 Å². The molecule has 0 amide bonds. The van der Waals surface area contributed by atoms with Gasteiger partial charge < -0.3 is 15.5 Å². The number of anilines is 1. The van der Waals surface area contributed by atoms with Crippen LogP contribution in [0, 0.1) is 34.0 Å². The van der Waals surface area contributed by atoms with E-state index in [2.05, 4.69) is 11.1 Å². The van der Waals surface area contributed by atoms with Crippen molar-refractivity contribution in [1.29, 1.82) is 15.8 Å². The SMILES string of the molecule is N#Cc1cccc(COc2cccc(-c3c(C#N)c(N)[nH]c(=O)c3C#N)c2)c1. The number of rotatable bonds is 4. The summed E-state index contributed by atoms with van der Waals surface area (Å²) in [5.41, 5.74) is 6.91. The van der Waals surface area contributed by atoms with E-state index in [1.165, 1.54) is 0 Å². The van der Waals surface area contributed by atoms with Gasteiger partial charge in [-0.05, 0) is 35.4 Å². The lowest BCUT2D eigenvalue weighted by molar-refractivity contribution is 0.306. The fourth-order valence-corrected chi connectivity index (χ4v) is 2.77. The van der Waals surface area contributed by atoms with Gasteiger partial charge in [-0.3, -0.25) is 4.79 Å². The summed E-state index contributed by atoms with van der Waals surface area (Å²) in [4.78, 5) is 14.4. The molecular formula is C21H13N5O2. The molecule has 28 heavy (non-hydrogen) atoms. The largest absolute Gasteiger partial charge is 0.489 e. The van der Waals surface area contributed by atoms with E-state index in [1.807, 2.05) is 18.2 Å². The number of nitrogens with two attached hydrogens (primary N) is 1. The number of benzene rings is 2. The maximum absolute atomic E-state index is 12.1. The smallest absolute Gasteiger partial charge is 0.268 e. The summed E-state index contributed by atoms with van der Waals surface area (Å²) in [6.45, 7) is 0.229. The second-order valence-electron chi connectivity index (χ2n) is 5.85. The second kappa shape index (κ2) is 7.78. The van der Waals surface area contributed by atoms with Crippen molar-refractivity contribution in [2.75, 3.05) is 5.73 Å². The Kier molecular flexibility index (Phi) is 5.07. The van der Waals surface area contributed by atoms with Gasteiger partial charge in [0.1, 0.15) is 41.4 Å². The fourth-order valence-electron chi connectivity index (χ4n) is 2.77. The van der Waals surface area contributed by atoms with Crippen LogP contribution in [-0.2, 0) is 6.61 Å². The number of hydrogen-bond donors (Lipinski definition) is 2. The van der Waals surface area contributed by atoms with Crippen LogP contribution in [0.25, 0.3) is 11.1 Å². The summed E-state index contributed by atoms with van der Waals surface area (Å²) in [5.74, 6) is 0.382. The number of aromatic amines is 1. The van der Waals surface area contributed by atoms with E-state index < -0.39 is 5.56 Å². The summed E-state index contributed by atoms with van der Waals surface area (Å²) in [6.07, 6.45) is 0. The molecule has 0 atom stereocenters. The van der Waals surface area contributed by atoms with Crippen LogP contribution in [0.2, 0.25) is 0 Å². The zero-order chi connectivity index (χ0) is 20.1. The van der Waals surface area contributed by atoms with Crippen molar-refractivity contribution >= 4 is 5.82 Å². The number of nitrogen functional groups attached to an aromatic ring is 1. The summed E-state index contributed by atoms with van der Waals surface area (Å²) >= 11 is 0. The molecule has 0 saturated heterocycles. The molecule has 134 valence electrons. The highest BCUT2D eigenvalue weighted by atomic mass is 16.5. The number of nitriles is 3. The van der Waals surface area contributed by atoms with Gasteiger partial charge in [0.05, 0.1) is 11.6 Å². The maximum atomic E-state index is 12.1. The average molecular weight is 367 g/mol. The van der Waals surface area contributed by atoms with Crippen LogP contribution in [0.15, 0.2) is 53.3 Å². The van der Waals surface area contributed by atoms with Crippen LogP contribution in [-0.4, -0.2) is 4.98 Å². The first-order chi connectivity index (χ1) is 13.6. The molecule has 0 radical (unpaired) electrons. The summed E-state index contributed by atoms with van der Waals surface area (Å²) in [6, 6.07) is 19.6. The third-order valence-corrected chi connectivity index (χ3v) is 4.05. The Bertz CT molecular complexity index is 1240. The van der Waals surface area contributed by atoms with Crippen molar-refractivity contribution in [3.8, 4) is 35.1 Å². The molecule has 7 nitrogen and oxygen atoms in total. The van der Waals surface area contributed by atoms with Crippen LogP contribution in [0.5, 0.6) is 5.75 Å². The predicted molar refractivity (Wildman–Crippen MR) is 102 cm³/mol. The van der Waals surface area contributed by atoms with Crippen LogP contribution in [0.4, 0.5) is 5.82 Å². The number of ether oxygens (including phenoxy) is 1. The topological polar surface area (TPSA) is 139 Å². The minimum absolute atomic E-state index is 0.0232. The van der Waals surface area contributed by atoms with Gasteiger partial charge in [-0.1, -0.05) is 24.3 Å². The highest BCUT2D eigenvalue weighted by Gasteiger charge is 2.18. The van der Waals surface area contributed by atoms with E-state index in [0.717, 1.165) is 5.56 Å². The molecule has 0 aliphatic heterocycles. The van der Waals surface area contributed by atoms with Crippen LogP contribution in [0.1, 0.15) is 22.3 Å². The lowest BCUT2D eigenvalue weighted by Crippen LogP contribution is -2.16. The summed E-state index contributed by atoms with van der Waals surface area (Å²) in [5, 5.41) is 27.8. The van der Waals surface area contributed by atoms with Crippen LogP contribution >= 0.6 is 0 Å². The van der Waals surface area contributed by atoms with E-state index in [4.69, 9.17) is 15.7 Å². The minimum Gasteiger partial charge on any atom is -0.489 e. The summed E-state index contributed by atoms with van der Waals surface area (Å²) in [7, 11) is 0. The number of H-pyrrole nitrogens is 1. The van der Waals surface area contributed by atoms with Gasteiger partial charge in [0.25, 0.3) is 5.56 Å². The van der Waals surface area contributed by atoms with Crippen LogP contribution < -0.4 is 16.0 Å². The average Bonchev–Trinajstić information content (AvgIpc) is 2.72. The Hall–Kier alpha value is -4.54. The van der Waals surface area contributed by atoms with E-state index in [9.17, 15) is 15.3 Å². The molecule has 7 heteroatoms. The van der Waals surface area contributed by atoms with Crippen molar-refractivity contribution in [1.82, 2.24) is 4.98 Å². The van der Waals surface area contributed by atoms with Gasteiger partial charge in [-0.25, -0.2) is 0 Å². The zero-order valence-corrected chi connectivity index (χ0v) is 14.6. The molecule has 0 saturated carbocycles. The molecule has 3 aromatic rings. The molecule has 2 aromatic carbocycles. The monoisotopic (exact) mass is 367 g/mol. The summed E-state index contributed by atoms with van der Waals surface area (Å²) < 4.78 is 5.77. The quantitative estimate of drug-likeness (QED) is 0.726. The molecule has 1 aromatic heterocycles. The van der Waals surface area contributed by atoms with E-state index >= 15 is 0 Å². The normalized spacial score (nSPS) is 9.75. The molecule has 0 aliphatic carbocycles. The standard InChI is InChI=1S/C21H13N5O2/c22-9-13-3-1-4-14(7-13)12-28-16-6-2-5-15(8-16)19-17(10-23)20(25)26-21(27)18(19)11-24/h1-8H,12H2,(H3,25,26,27). The van der Waals surface area contributed by atoms with Crippen LogP contribution in [0.3, 0.4) is 0 Å². The molecule has 0 aliphatic rings. The molecule has 0 unspecified atom stereocenters. The van der Waals surface area contributed by atoms with E-state index in [1.54, 1.807) is 42.5 Å². The van der Waals surface area contributed by atoms with Crippen molar-refractivity contribution in [2.45, 2.75) is 6.61 Å². The molecule has 0 spiro atoms. The Morgan fingerprint density at radius 3 is 2.43 bits per heavy atom. The third-order valence-electron chi connectivity index (χ3n) is 4.05. The number of nitrogens with one attached hydrogen (secondary N) is 1. The molecule has 3 N–H and O–H groups in total. The third kappa shape index (κ3) is 3.53. The van der Waals surface area contributed by atoms with Gasteiger partial charge >= 0.3 is 0 Å². The van der Waals surface area contributed by atoms with Crippen molar-refractivity contribution < 1.29 is 4.74 Å². The fraction of sp³-hybridized carbons (Fsp3) is 0.0476. The van der Waals surface area contributed by atoms with Gasteiger partial charge in [-0.2, -0.15) is 15.8 Å². The molecular weight excluding hydrogens is 354 g/mol. The Morgan fingerprint density at radius 1 is 0.964 bits per heavy atom. The number of pyridine rings is 1. The van der Waals surface area contributed by atoms with Crippen molar-refractivity contribution in [3.63, 3.8) is 0 Å². The second-order valence-corrected chi connectivity index (χ2v) is 5.85. The number of aromatic nitrogens is 1. The minimum atomic E-state index is -0.659. The van der Waals surface area contributed by atoms with Crippen molar-refractivity contribution in [3.05, 3.63) is 81.1 Å². The number of nitrogens with zero attached hydrogens (tertiary/aromatic N) is 3. The maximum Gasteiger partial charge on any atom is 0.268 e. The van der Waals surface area contributed by atoms with Crippen molar-refractivity contribution in [2.24, 2.45) is 0 Å². The van der Waals surface area contributed by atoms with E-state index in [-0.39, 0.29) is 29.1 Å². The molecule has 3 rings (SSSR count). The molecule has 1 heterocycles. The molecule has 0 fully saturated rings. The Labute approximate surface area is 160 Å². The first-order valence-corrected chi connectivity index (χ1v) is 8.15. The Morgan fingerprint density at radius 2 is 1.71 bits per heavy atom.